The summed E-state index contributed by atoms with van der Waals surface area (Å²) in [4.78, 5) is 2.77. The second-order valence-electron chi connectivity index (χ2n) is 6.68. The highest BCUT2D eigenvalue weighted by molar-refractivity contribution is 5.05. The third-order valence-corrected chi connectivity index (χ3v) is 5.96. The smallest absolute Gasteiger partial charge is 0.0728 e. The molecular formula is C16H32N2O. The quantitative estimate of drug-likeness (QED) is 0.848. The summed E-state index contributed by atoms with van der Waals surface area (Å²) in [5, 5.41) is 3.84. The van der Waals surface area contributed by atoms with Crippen molar-refractivity contribution >= 4 is 0 Å². The van der Waals surface area contributed by atoms with Gasteiger partial charge in [-0.3, -0.25) is 4.90 Å². The minimum Gasteiger partial charge on any atom is -0.377 e. The van der Waals surface area contributed by atoms with Gasteiger partial charge in [0.25, 0.3) is 0 Å². The summed E-state index contributed by atoms with van der Waals surface area (Å²) >= 11 is 0. The van der Waals surface area contributed by atoms with Crippen LogP contribution in [0.25, 0.3) is 0 Å². The van der Waals surface area contributed by atoms with E-state index in [1.54, 1.807) is 0 Å². The number of rotatable bonds is 4. The van der Waals surface area contributed by atoms with Crippen LogP contribution < -0.4 is 5.32 Å². The van der Waals surface area contributed by atoms with Crippen molar-refractivity contribution in [3.63, 3.8) is 0 Å². The summed E-state index contributed by atoms with van der Waals surface area (Å²) in [6.45, 7) is 14.8. The molecule has 3 unspecified atom stereocenters. The van der Waals surface area contributed by atoms with Crippen LogP contribution in [0.5, 0.6) is 0 Å². The average Bonchev–Trinajstić information content (AvgIpc) is 2.79. The monoisotopic (exact) mass is 268 g/mol. The summed E-state index contributed by atoms with van der Waals surface area (Å²) in [5.41, 5.74) is 0.523. The zero-order valence-electron chi connectivity index (χ0n) is 13.5. The Morgan fingerprint density at radius 2 is 1.95 bits per heavy atom. The first kappa shape index (κ1) is 15.3. The van der Waals surface area contributed by atoms with Crippen molar-refractivity contribution in [3.8, 4) is 0 Å². The first-order valence-corrected chi connectivity index (χ1v) is 8.14. The number of hydrogen-bond donors (Lipinski definition) is 1. The van der Waals surface area contributed by atoms with Crippen LogP contribution in [0.4, 0.5) is 0 Å². The van der Waals surface area contributed by atoms with Gasteiger partial charge in [-0.05, 0) is 39.5 Å². The molecule has 2 rings (SSSR count). The molecule has 112 valence electrons. The van der Waals surface area contributed by atoms with Crippen LogP contribution in [0.3, 0.4) is 0 Å². The topological polar surface area (TPSA) is 24.5 Å². The largest absolute Gasteiger partial charge is 0.377 e. The second kappa shape index (κ2) is 5.71. The maximum absolute atomic E-state index is 5.89. The molecule has 0 aliphatic carbocycles. The van der Waals surface area contributed by atoms with Crippen molar-refractivity contribution in [1.29, 1.82) is 0 Å². The van der Waals surface area contributed by atoms with E-state index in [4.69, 9.17) is 4.74 Å². The van der Waals surface area contributed by atoms with Crippen LogP contribution in [0.2, 0.25) is 0 Å². The molecule has 2 aliphatic rings. The van der Waals surface area contributed by atoms with Gasteiger partial charge < -0.3 is 10.1 Å². The molecule has 0 radical (unpaired) electrons. The number of nitrogens with one attached hydrogen (secondary N) is 1. The van der Waals surface area contributed by atoms with Gasteiger partial charge in [-0.1, -0.05) is 20.8 Å². The molecule has 2 heterocycles. The molecule has 3 heteroatoms. The van der Waals surface area contributed by atoms with Gasteiger partial charge in [0, 0.05) is 36.8 Å². The van der Waals surface area contributed by atoms with Crippen molar-refractivity contribution < 1.29 is 4.74 Å². The summed E-state index contributed by atoms with van der Waals surface area (Å²) in [6, 6.07) is 0.653. The molecule has 0 amide bonds. The molecule has 2 aliphatic heterocycles. The predicted molar refractivity (Wildman–Crippen MR) is 80.5 cm³/mol. The molecule has 0 aromatic heterocycles. The Hall–Kier alpha value is -0.120. The fraction of sp³-hybridized carbons (Fsp3) is 1.00. The first-order valence-electron chi connectivity index (χ1n) is 8.14. The van der Waals surface area contributed by atoms with Crippen LogP contribution in [-0.4, -0.2) is 47.8 Å². The molecule has 3 nitrogen and oxygen atoms in total. The zero-order chi connectivity index (χ0) is 14.1. The van der Waals surface area contributed by atoms with Crippen molar-refractivity contribution in [2.45, 2.75) is 83.5 Å². The van der Waals surface area contributed by atoms with Gasteiger partial charge in [0.05, 0.1) is 6.10 Å². The molecule has 1 N–H and O–H groups in total. The van der Waals surface area contributed by atoms with Crippen LogP contribution in [0.15, 0.2) is 0 Å². The molecule has 0 bridgehead atoms. The predicted octanol–water partition coefficient (Wildman–Crippen LogP) is 2.80. The van der Waals surface area contributed by atoms with E-state index in [0.717, 1.165) is 13.2 Å². The highest BCUT2D eigenvalue weighted by Gasteiger charge is 2.49. The Bertz CT molecular complexity index is 303. The molecule has 19 heavy (non-hydrogen) atoms. The van der Waals surface area contributed by atoms with Crippen molar-refractivity contribution in [2.24, 2.45) is 0 Å². The molecular weight excluding hydrogens is 236 g/mol. The maximum atomic E-state index is 5.89. The van der Waals surface area contributed by atoms with Gasteiger partial charge in [0.15, 0.2) is 0 Å². The van der Waals surface area contributed by atoms with E-state index < -0.39 is 0 Å². The summed E-state index contributed by atoms with van der Waals surface area (Å²) < 4.78 is 5.89. The lowest BCUT2D eigenvalue weighted by molar-refractivity contribution is -0.0457. The summed E-state index contributed by atoms with van der Waals surface area (Å²) in [6.07, 6.45) is 5.17. The summed E-state index contributed by atoms with van der Waals surface area (Å²) in [5.74, 6) is 0. The van der Waals surface area contributed by atoms with E-state index >= 15 is 0 Å². The third kappa shape index (κ3) is 2.57. The number of piperazine rings is 1. The van der Waals surface area contributed by atoms with E-state index in [1.807, 2.05) is 0 Å². The van der Waals surface area contributed by atoms with E-state index in [9.17, 15) is 0 Å². The van der Waals surface area contributed by atoms with E-state index in [-0.39, 0.29) is 5.54 Å². The standard InChI is InChI=1S/C16H32N2O/c1-6-14-11-17-16(7-2,8-3)12-18(14)15(5)9-10-19-13(15)4/h13-14,17H,6-12H2,1-5H3. The molecule has 2 saturated heterocycles. The number of hydrogen-bond acceptors (Lipinski definition) is 3. The van der Waals surface area contributed by atoms with E-state index in [2.05, 4.69) is 44.8 Å². The maximum Gasteiger partial charge on any atom is 0.0728 e. The molecule has 3 atom stereocenters. The normalized spacial score (nSPS) is 39.6. The van der Waals surface area contributed by atoms with Gasteiger partial charge in [0.2, 0.25) is 0 Å². The first-order chi connectivity index (χ1) is 9.01. The minimum atomic E-state index is 0.221. The molecule has 2 fully saturated rings. The van der Waals surface area contributed by atoms with Crippen molar-refractivity contribution in [1.82, 2.24) is 10.2 Å². The molecule has 0 aromatic rings. The Kier molecular flexibility index (Phi) is 4.59. The van der Waals surface area contributed by atoms with Crippen LogP contribution >= 0.6 is 0 Å². The second-order valence-corrected chi connectivity index (χ2v) is 6.68. The van der Waals surface area contributed by atoms with Crippen molar-refractivity contribution in [2.75, 3.05) is 19.7 Å². The Labute approximate surface area is 119 Å². The van der Waals surface area contributed by atoms with Gasteiger partial charge in [-0.25, -0.2) is 0 Å². The van der Waals surface area contributed by atoms with Crippen molar-refractivity contribution in [3.05, 3.63) is 0 Å². The number of nitrogens with zero attached hydrogens (tertiary/aromatic N) is 1. The third-order valence-electron chi connectivity index (χ3n) is 5.96. The van der Waals surface area contributed by atoms with Gasteiger partial charge in [-0.15, -0.1) is 0 Å². The fourth-order valence-corrected chi connectivity index (χ4v) is 3.84. The SMILES string of the molecule is CCC1CNC(CC)(CC)CN1C1(C)CCOC1C. The molecule has 0 spiro atoms. The molecule has 0 saturated carbocycles. The zero-order valence-corrected chi connectivity index (χ0v) is 13.5. The van der Waals surface area contributed by atoms with Crippen LogP contribution in [-0.2, 0) is 4.74 Å². The Balaban J connectivity index is 2.23. The lowest BCUT2D eigenvalue weighted by Crippen LogP contribution is -2.69. The number of ether oxygens (including phenoxy) is 1. The Morgan fingerprint density at radius 1 is 1.26 bits per heavy atom. The van der Waals surface area contributed by atoms with Gasteiger partial charge in [0.1, 0.15) is 0 Å². The Morgan fingerprint density at radius 3 is 2.42 bits per heavy atom. The average molecular weight is 268 g/mol. The van der Waals surface area contributed by atoms with Gasteiger partial charge >= 0.3 is 0 Å². The lowest BCUT2D eigenvalue weighted by Gasteiger charge is -2.54. The van der Waals surface area contributed by atoms with E-state index in [0.29, 0.717) is 17.7 Å². The van der Waals surface area contributed by atoms with Gasteiger partial charge in [-0.2, -0.15) is 0 Å². The van der Waals surface area contributed by atoms with E-state index in [1.165, 1.54) is 32.2 Å². The van der Waals surface area contributed by atoms with Crippen LogP contribution in [0.1, 0.15) is 60.3 Å². The highest BCUT2D eigenvalue weighted by atomic mass is 16.5. The minimum absolute atomic E-state index is 0.221. The van der Waals surface area contributed by atoms with Crippen LogP contribution in [0, 0.1) is 0 Å². The fourth-order valence-electron chi connectivity index (χ4n) is 3.84. The summed E-state index contributed by atoms with van der Waals surface area (Å²) in [7, 11) is 0. The lowest BCUT2D eigenvalue weighted by atomic mass is 9.82. The molecule has 0 aromatic carbocycles. The highest BCUT2D eigenvalue weighted by Crippen LogP contribution is 2.37.